The quantitative estimate of drug-likeness (QED) is 0.615. The number of amides is 1. The fourth-order valence-electron chi connectivity index (χ4n) is 2.66. The molecule has 1 heterocycles. The molecular formula is C16H17ClN4O3. The van der Waals surface area contributed by atoms with Crippen molar-refractivity contribution < 1.29 is 9.72 Å². The van der Waals surface area contributed by atoms with Gasteiger partial charge in [-0.2, -0.15) is 5.10 Å². The molecule has 126 valence electrons. The lowest BCUT2D eigenvalue weighted by Crippen LogP contribution is -2.32. The van der Waals surface area contributed by atoms with E-state index >= 15 is 0 Å². The molecule has 1 amide bonds. The van der Waals surface area contributed by atoms with E-state index in [1.54, 1.807) is 0 Å². The number of benzene rings is 1. The summed E-state index contributed by atoms with van der Waals surface area (Å²) in [5.74, 6) is -0.0895. The average Bonchev–Trinajstić information content (AvgIpc) is 3.20. The molecule has 3 rings (SSSR count). The molecule has 0 aliphatic heterocycles. The first-order chi connectivity index (χ1) is 11.5. The van der Waals surface area contributed by atoms with E-state index in [4.69, 9.17) is 11.6 Å². The SMILES string of the molecule is O=C(CCn1cc([N+](=O)[O-])cn1)NCC1(c2ccc(Cl)cc2)CC1. The van der Waals surface area contributed by atoms with Gasteiger partial charge in [0.2, 0.25) is 5.91 Å². The van der Waals surface area contributed by atoms with Crippen molar-refractivity contribution in [2.75, 3.05) is 6.54 Å². The summed E-state index contributed by atoms with van der Waals surface area (Å²) in [5.41, 5.74) is 1.13. The van der Waals surface area contributed by atoms with Crippen molar-refractivity contribution in [1.82, 2.24) is 15.1 Å². The molecular weight excluding hydrogens is 332 g/mol. The maximum Gasteiger partial charge on any atom is 0.306 e. The molecule has 1 aromatic carbocycles. The normalized spacial score (nSPS) is 15.0. The first kappa shape index (κ1) is 16.4. The molecule has 24 heavy (non-hydrogen) atoms. The Morgan fingerprint density at radius 2 is 2.08 bits per heavy atom. The number of hydrogen-bond donors (Lipinski definition) is 1. The summed E-state index contributed by atoms with van der Waals surface area (Å²) in [7, 11) is 0. The third-order valence-corrected chi connectivity index (χ3v) is 4.58. The van der Waals surface area contributed by atoms with Crippen LogP contribution in [0, 0.1) is 10.1 Å². The van der Waals surface area contributed by atoms with Gasteiger partial charge in [0.15, 0.2) is 0 Å². The fraction of sp³-hybridized carbons (Fsp3) is 0.375. The molecule has 1 aliphatic carbocycles. The molecule has 7 nitrogen and oxygen atoms in total. The van der Waals surface area contributed by atoms with Gasteiger partial charge >= 0.3 is 5.69 Å². The minimum atomic E-state index is -0.507. The summed E-state index contributed by atoms with van der Waals surface area (Å²) in [6.45, 7) is 0.903. The zero-order valence-corrected chi connectivity index (χ0v) is 13.7. The molecule has 0 radical (unpaired) electrons. The van der Waals surface area contributed by atoms with E-state index in [-0.39, 0.29) is 23.4 Å². The molecule has 1 N–H and O–H groups in total. The van der Waals surface area contributed by atoms with Gasteiger partial charge in [-0.05, 0) is 30.5 Å². The molecule has 0 atom stereocenters. The largest absolute Gasteiger partial charge is 0.355 e. The van der Waals surface area contributed by atoms with E-state index in [0.717, 1.165) is 12.8 Å². The standard InChI is InChI=1S/C16H17ClN4O3/c17-13-3-1-12(2-4-13)16(6-7-16)11-18-15(22)5-8-20-10-14(9-19-20)21(23)24/h1-4,9-10H,5-8,11H2,(H,18,22). The number of rotatable bonds is 7. The number of aromatic nitrogens is 2. The third kappa shape index (κ3) is 3.73. The Bertz CT molecular complexity index is 753. The van der Waals surface area contributed by atoms with Gasteiger partial charge in [0.05, 0.1) is 4.92 Å². The van der Waals surface area contributed by atoms with Crippen molar-refractivity contribution >= 4 is 23.2 Å². The summed E-state index contributed by atoms with van der Waals surface area (Å²) in [4.78, 5) is 22.1. The van der Waals surface area contributed by atoms with Gasteiger partial charge in [0.25, 0.3) is 0 Å². The maximum atomic E-state index is 12.0. The number of aryl methyl sites for hydroxylation is 1. The van der Waals surface area contributed by atoms with E-state index < -0.39 is 4.92 Å². The second-order valence-electron chi connectivity index (χ2n) is 6.03. The Labute approximate surface area is 143 Å². The van der Waals surface area contributed by atoms with Crippen LogP contribution in [0.3, 0.4) is 0 Å². The summed E-state index contributed by atoms with van der Waals surface area (Å²) < 4.78 is 1.41. The lowest BCUT2D eigenvalue weighted by molar-refractivity contribution is -0.385. The average molecular weight is 349 g/mol. The van der Waals surface area contributed by atoms with Crippen LogP contribution in [0.2, 0.25) is 5.02 Å². The number of halogens is 1. The molecule has 8 heteroatoms. The van der Waals surface area contributed by atoms with Crippen LogP contribution in [0.1, 0.15) is 24.8 Å². The first-order valence-electron chi connectivity index (χ1n) is 7.68. The number of carbonyl (C=O) groups is 1. The molecule has 1 saturated carbocycles. The van der Waals surface area contributed by atoms with Gasteiger partial charge in [-0.3, -0.25) is 19.6 Å². The number of nitrogens with zero attached hydrogens (tertiary/aromatic N) is 3. The van der Waals surface area contributed by atoms with E-state index in [2.05, 4.69) is 10.4 Å². The molecule has 0 bridgehead atoms. The van der Waals surface area contributed by atoms with E-state index in [1.165, 1.54) is 22.6 Å². The Morgan fingerprint density at radius 1 is 1.38 bits per heavy atom. The Kier molecular flexibility index (Phi) is 4.53. The lowest BCUT2D eigenvalue weighted by Gasteiger charge is -2.16. The molecule has 1 aliphatic rings. The number of nitrogens with one attached hydrogen (secondary N) is 1. The predicted octanol–water partition coefficient (Wildman–Crippen LogP) is 2.68. The van der Waals surface area contributed by atoms with Gasteiger partial charge in [-0.25, -0.2) is 0 Å². The second-order valence-corrected chi connectivity index (χ2v) is 6.47. The van der Waals surface area contributed by atoms with Crippen molar-refractivity contribution in [3.05, 3.63) is 57.4 Å². The van der Waals surface area contributed by atoms with Gasteiger partial charge in [0, 0.05) is 29.9 Å². The van der Waals surface area contributed by atoms with Crippen LogP contribution in [0.15, 0.2) is 36.7 Å². The summed E-state index contributed by atoms with van der Waals surface area (Å²) in [5, 5.41) is 18.1. The maximum absolute atomic E-state index is 12.0. The van der Waals surface area contributed by atoms with Crippen LogP contribution in [-0.4, -0.2) is 27.2 Å². The van der Waals surface area contributed by atoms with Crippen LogP contribution in [-0.2, 0) is 16.8 Å². The van der Waals surface area contributed by atoms with Crippen LogP contribution in [0.4, 0.5) is 5.69 Å². The van der Waals surface area contributed by atoms with Crippen molar-refractivity contribution in [2.24, 2.45) is 0 Å². The minimum Gasteiger partial charge on any atom is -0.355 e. The van der Waals surface area contributed by atoms with Crippen LogP contribution in [0.5, 0.6) is 0 Å². The molecule has 0 saturated heterocycles. The van der Waals surface area contributed by atoms with Crippen molar-refractivity contribution in [3.63, 3.8) is 0 Å². The van der Waals surface area contributed by atoms with E-state index in [1.807, 2.05) is 24.3 Å². The molecule has 0 spiro atoms. The molecule has 1 aromatic heterocycles. The summed E-state index contributed by atoms with van der Waals surface area (Å²) >= 11 is 5.91. The molecule has 1 fully saturated rings. The van der Waals surface area contributed by atoms with Gasteiger partial charge in [0.1, 0.15) is 12.4 Å². The highest BCUT2D eigenvalue weighted by Crippen LogP contribution is 2.47. The Hall–Kier alpha value is -2.41. The highest BCUT2D eigenvalue weighted by Gasteiger charge is 2.44. The topological polar surface area (TPSA) is 90.1 Å². The summed E-state index contributed by atoms with van der Waals surface area (Å²) in [6, 6.07) is 7.74. The number of carbonyl (C=O) groups excluding carboxylic acids is 1. The smallest absolute Gasteiger partial charge is 0.306 e. The fourth-order valence-corrected chi connectivity index (χ4v) is 2.79. The van der Waals surface area contributed by atoms with Crippen LogP contribution >= 0.6 is 11.6 Å². The predicted molar refractivity (Wildman–Crippen MR) is 88.9 cm³/mol. The van der Waals surface area contributed by atoms with Gasteiger partial charge in [-0.1, -0.05) is 23.7 Å². The van der Waals surface area contributed by atoms with Gasteiger partial charge < -0.3 is 5.32 Å². The van der Waals surface area contributed by atoms with Crippen LogP contribution < -0.4 is 5.32 Å². The Balaban J connectivity index is 1.48. The molecule has 2 aromatic rings. The monoisotopic (exact) mass is 348 g/mol. The minimum absolute atomic E-state index is 0.0186. The van der Waals surface area contributed by atoms with Crippen molar-refractivity contribution in [3.8, 4) is 0 Å². The van der Waals surface area contributed by atoms with Crippen molar-refractivity contribution in [2.45, 2.75) is 31.2 Å². The highest BCUT2D eigenvalue weighted by atomic mass is 35.5. The number of hydrogen-bond acceptors (Lipinski definition) is 4. The van der Waals surface area contributed by atoms with Crippen molar-refractivity contribution in [1.29, 1.82) is 0 Å². The second kappa shape index (κ2) is 6.60. The zero-order chi connectivity index (χ0) is 17.2. The highest BCUT2D eigenvalue weighted by molar-refractivity contribution is 6.30. The van der Waals surface area contributed by atoms with Gasteiger partial charge in [-0.15, -0.1) is 0 Å². The summed E-state index contributed by atoms with van der Waals surface area (Å²) in [6.07, 6.45) is 4.82. The van der Waals surface area contributed by atoms with E-state index in [0.29, 0.717) is 18.1 Å². The number of nitro groups is 1. The lowest BCUT2D eigenvalue weighted by atomic mass is 9.96. The van der Waals surface area contributed by atoms with E-state index in [9.17, 15) is 14.9 Å². The first-order valence-corrected chi connectivity index (χ1v) is 8.06. The van der Waals surface area contributed by atoms with Crippen LogP contribution in [0.25, 0.3) is 0 Å². The molecule has 0 unspecified atom stereocenters. The Morgan fingerprint density at radius 3 is 2.67 bits per heavy atom. The third-order valence-electron chi connectivity index (χ3n) is 4.33. The zero-order valence-electron chi connectivity index (χ0n) is 12.9.